The minimum absolute atomic E-state index is 0.388. The first-order chi connectivity index (χ1) is 9.52. The maximum absolute atomic E-state index is 12.6. The zero-order valence-corrected chi connectivity index (χ0v) is 10.3. The van der Waals surface area contributed by atoms with Crippen LogP contribution in [0.25, 0.3) is 11.0 Å². The van der Waals surface area contributed by atoms with E-state index < -0.39 is 11.7 Å². The van der Waals surface area contributed by atoms with Gasteiger partial charge in [0.1, 0.15) is 5.82 Å². The number of alkyl halides is 3. The molecule has 1 N–H and O–H groups in total. The van der Waals surface area contributed by atoms with E-state index in [1.807, 2.05) is 6.07 Å². The molecule has 3 nitrogen and oxygen atoms in total. The molecule has 102 valence electrons. The van der Waals surface area contributed by atoms with Gasteiger partial charge in [0.05, 0.1) is 16.6 Å². The molecule has 1 aromatic carbocycles. The third-order valence-corrected chi connectivity index (χ3v) is 2.95. The van der Waals surface area contributed by atoms with E-state index in [0.29, 0.717) is 23.3 Å². The summed E-state index contributed by atoms with van der Waals surface area (Å²) in [5.74, 6) is 0.618. The van der Waals surface area contributed by atoms with E-state index in [9.17, 15) is 13.2 Å². The number of hydrogen-bond donors (Lipinski definition) is 1. The fourth-order valence-corrected chi connectivity index (χ4v) is 2.02. The molecule has 0 amide bonds. The molecule has 0 unspecified atom stereocenters. The van der Waals surface area contributed by atoms with Crippen LogP contribution in [0.3, 0.4) is 0 Å². The van der Waals surface area contributed by atoms with Crippen molar-refractivity contribution in [3.63, 3.8) is 0 Å². The molecule has 0 radical (unpaired) electrons. The number of aromatic nitrogens is 3. The lowest BCUT2D eigenvalue weighted by molar-refractivity contribution is -0.137. The number of rotatable bonds is 2. The van der Waals surface area contributed by atoms with Crippen molar-refractivity contribution >= 4 is 11.0 Å². The standard InChI is InChI=1S/C14H10F3N3/c15-14(16,17)10-3-4-11-12(7-10)20-13(19-11)6-9-2-1-5-18-8-9/h1-5,7-8H,6H2,(H,19,20). The van der Waals surface area contributed by atoms with Gasteiger partial charge in [-0.2, -0.15) is 13.2 Å². The average Bonchev–Trinajstić information content (AvgIpc) is 2.80. The quantitative estimate of drug-likeness (QED) is 0.778. The fraction of sp³-hybridized carbons (Fsp3) is 0.143. The van der Waals surface area contributed by atoms with Crippen LogP contribution in [0.2, 0.25) is 0 Å². The highest BCUT2D eigenvalue weighted by molar-refractivity contribution is 5.76. The van der Waals surface area contributed by atoms with E-state index in [-0.39, 0.29) is 0 Å². The van der Waals surface area contributed by atoms with E-state index in [4.69, 9.17) is 0 Å². The van der Waals surface area contributed by atoms with Crippen molar-refractivity contribution in [1.82, 2.24) is 15.0 Å². The van der Waals surface area contributed by atoms with Crippen LogP contribution in [0, 0.1) is 0 Å². The summed E-state index contributed by atoms with van der Waals surface area (Å²) in [6.07, 6.45) is -0.473. The van der Waals surface area contributed by atoms with Gasteiger partial charge < -0.3 is 4.98 Å². The van der Waals surface area contributed by atoms with Crippen LogP contribution in [0.5, 0.6) is 0 Å². The number of pyridine rings is 1. The number of fused-ring (bicyclic) bond motifs is 1. The predicted molar refractivity (Wildman–Crippen MR) is 68.1 cm³/mol. The lowest BCUT2D eigenvalue weighted by Crippen LogP contribution is -2.04. The average molecular weight is 277 g/mol. The highest BCUT2D eigenvalue weighted by Gasteiger charge is 2.30. The van der Waals surface area contributed by atoms with Crippen LogP contribution < -0.4 is 0 Å². The Morgan fingerprint density at radius 2 is 2.00 bits per heavy atom. The monoisotopic (exact) mass is 277 g/mol. The van der Waals surface area contributed by atoms with Gasteiger partial charge in [-0.25, -0.2) is 4.98 Å². The van der Waals surface area contributed by atoms with Crippen LogP contribution in [-0.4, -0.2) is 15.0 Å². The Balaban J connectivity index is 1.95. The number of benzene rings is 1. The molecule has 0 spiro atoms. The molecule has 6 heteroatoms. The van der Waals surface area contributed by atoms with Gasteiger partial charge in [0.25, 0.3) is 0 Å². The van der Waals surface area contributed by atoms with Crippen LogP contribution in [0.4, 0.5) is 13.2 Å². The van der Waals surface area contributed by atoms with Crippen molar-refractivity contribution in [1.29, 1.82) is 0 Å². The Bertz CT molecular complexity index is 732. The summed E-state index contributed by atoms with van der Waals surface area (Å²) in [5.41, 5.74) is 1.18. The summed E-state index contributed by atoms with van der Waals surface area (Å²) < 4.78 is 37.9. The van der Waals surface area contributed by atoms with Gasteiger partial charge in [-0.1, -0.05) is 6.07 Å². The van der Waals surface area contributed by atoms with Gasteiger partial charge in [0, 0.05) is 18.8 Å². The van der Waals surface area contributed by atoms with Crippen LogP contribution in [-0.2, 0) is 12.6 Å². The smallest absolute Gasteiger partial charge is 0.342 e. The Kier molecular flexibility index (Phi) is 2.93. The topological polar surface area (TPSA) is 41.6 Å². The van der Waals surface area contributed by atoms with Gasteiger partial charge in [0.2, 0.25) is 0 Å². The zero-order chi connectivity index (χ0) is 14.2. The molecule has 0 atom stereocenters. The Morgan fingerprint density at radius 3 is 2.70 bits per heavy atom. The third-order valence-electron chi connectivity index (χ3n) is 2.95. The summed E-state index contributed by atoms with van der Waals surface area (Å²) in [7, 11) is 0. The summed E-state index contributed by atoms with van der Waals surface area (Å²) in [6, 6.07) is 7.19. The maximum atomic E-state index is 12.6. The highest BCUT2D eigenvalue weighted by atomic mass is 19.4. The summed E-state index contributed by atoms with van der Waals surface area (Å²) >= 11 is 0. The van der Waals surface area contributed by atoms with Crippen molar-refractivity contribution in [3.8, 4) is 0 Å². The Morgan fingerprint density at radius 1 is 1.15 bits per heavy atom. The molecule has 0 fully saturated rings. The SMILES string of the molecule is FC(F)(F)c1ccc2nc(Cc3cccnc3)[nH]c2c1. The number of nitrogens with one attached hydrogen (secondary N) is 1. The Hall–Kier alpha value is -2.37. The first-order valence-electron chi connectivity index (χ1n) is 5.97. The lowest BCUT2D eigenvalue weighted by Gasteiger charge is -2.05. The number of imidazole rings is 1. The largest absolute Gasteiger partial charge is 0.416 e. The van der Waals surface area contributed by atoms with E-state index in [1.165, 1.54) is 6.07 Å². The summed E-state index contributed by atoms with van der Waals surface area (Å²) in [5, 5.41) is 0. The second-order valence-electron chi connectivity index (χ2n) is 4.45. The molecule has 0 saturated heterocycles. The van der Waals surface area contributed by atoms with Gasteiger partial charge in [-0.3, -0.25) is 4.98 Å². The zero-order valence-electron chi connectivity index (χ0n) is 10.3. The van der Waals surface area contributed by atoms with Crippen molar-refractivity contribution < 1.29 is 13.2 Å². The predicted octanol–water partition coefficient (Wildman–Crippen LogP) is 3.57. The molecular formula is C14H10F3N3. The van der Waals surface area contributed by atoms with Crippen molar-refractivity contribution in [2.24, 2.45) is 0 Å². The number of hydrogen-bond acceptors (Lipinski definition) is 2. The lowest BCUT2D eigenvalue weighted by atomic mass is 10.2. The fourth-order valence-electron chi connectivity index (χ4n) is 2.02. The van der Waals surface area contributed by atoms with Gasteiger partial charge in [-0.05, 0) is 29.8 Å². The number of halogens is 3. The van der Waals surface area contributed by atoms with E-state index in [1.54, 1.807) is 18.5 Å². The molecule has 0 saturated carbocycles. The molecule has 20 heavy (non-hydrogen) atoms. The van der Waals surface area contributed by atoms with Gasteiger partial charge in [-0.15, -0.1) is 0 Å². The first kappa shape index (κ1) is 12.7. The van der Waals surface area contributed by atoms with Crippen molar-refractivity contribution in [2.45, 2.75) is 12.6 Å². The number of H-pyrrole nitrogens is 1. The van der Waals surface area contributed by atoms with Crippen LogP contribution in [0.1, 0.15) is 17.0 Å². The second kappa shape index (κ2) is 4.63. The van der Waals surface area contributed by atoms with Crippen molar-refractivity contribution in [2.75, 3.05) is 0 Å². The normalized spacial score (nSPS) is 11.9. The van der Waals surface area contributed by atoms with Crippen LogP contribution >= 0.6 is 0 Å². The molecule has 0 aliphatic rings. The molecule has 2 heterocycles. The van der Waals surface area contributed by atoms with Gasteiger partial charge >= 0.3 is 6.18 Å². The van der Waals surface area contributed by atoms with E-state index in [2.05, 4.69) is 15.0 Å². The minimum atomic E-state index is -4.34. The second-order valence-corrected chi connectivity index (χ2v) is 4.45. The molecule has 0 aliphatic carbocycles. The summed E-state index contributed by atoms with van der Waals surface area (Å²) in [4.78, 5) is 11.2. The third kappa shape index (κ3) is 2.49. The molecule has 2 aromatic heterocycles. The molecule has 3 rings (SSSR count). The molecule has 0 bridgehead atoms. The summed E-state index contributed by atoms with van der Waals surface area (Å²) in [6.45, 7) is 0. The minimum Gasteiger partial charge on any atom is -0.342 e. The molecule has 0 aliphatic heterocycles. The first-order valence-corrected chi connectivity index (χ1v) is 5.97. The van der Waals surface area contributed by atoms with E-state index in [0.717, 1.165) is 17.7 Å². The highest BCUT2D eigenvalue weighted by Crippen LogP contribution is 2.30. The number of aromatic amines is 1. The van der Waals surface area contributed by atoms with E-state index >= 15 is 0 Å². The molecular weight excluding hydrogens is 267 g/mol. The maximum Gasteiger partial charge on any atom is 0.416 e. The van der Waals surface area contributed by atoms with Crippen molar-refractivity contribution in [3.05, 3.63) is 59.7 Å². The van der Waals surface area contributed by atoms with Gasteiger partial charge in [0.15, 0.2) is 0 Å². The molecule has 3 aromatic rings. The Labute approximate surface area is 112 Å². The van der Waals surface area contributed by atoms with Crippen LogP contribution in [0.15, 0.2) is 42.7 Å². The number of nitrogens with zero attached hydrogens (tertiary/aromatic N) is 2.